The molecular formula is C16H13F3O2. The molecule has 2 aromatic rings. The predicted octanol–water partition coefficient (Wildman–Crippen LogP) is 4.63. The second-order valence-electron chi connectivity index (χ2n) is 4.54. The molecule has 0 fully saturated rings. The summed E-state index contributed by atoms with van der Waals surface area (Å²) in [4.78, 5) is 11.1. The molecule has 0 radical (unpaired) electrons. The van der Waals surface area contributed by atoms with Gasteiger partial charge in [0.1, 0.15) is 0 Å². The third kappa shape index (κ3) is 2.91. The fourth-order valence-corrected chi connectivity index (χ4v) is 2.40. The van der Waals surface area contributed by atoms with Crippen LogP contribution in [0.15, 0.2) is 42.5 Å². The largest absolute Gasteiger partial charge is 0.478 e. The maximum atomic E-state index is 13.4. The molecule has 0 aliphatic carbocycles. The zero-order valence-electron chi connectivity index (χ0n) is 11.2. The van der Waals surface area contributed by atoms with Gasteiger partial charge in [0.15, 0.2) is 0 Å². The van der Waals surface area contributed by atoms with Gasteiger partial charge in [-0.1, -0.05) is 43.3 Å². The van der Waals surface area contributed by atoms with Crippen LogP contribution in [0.25, 0.3) is 11.1 Å². The summed E-state index contributed by atoms with van der Waals surface area (Å²) in [7, 11) is 0. The van der Waals surface area contributed by atoms with Crippen LogP contribution in [0.1, 0.15) is 28.4 Å². The first-order valence-corrected chi connectivity index (χ1v) is 6.38. The minimum Gasteiger partial charge on any atom is -0.478 e. The van der Waals surface area contributed by atoms with E-state index in [0.717, 1.165) is 0 Å². The van der Waals surface area contributed by atoms with E-state index in [0.29, 0.717) is 5.56 Å². The number of benzene rings is 2. The summed E-state index contributed by atoms with van der Waals surface area (Å²) in [6.45, 7) is 1.52. The quantitative estimate of drug-likeness (QED) is 0.896. The molecular weight excluding hydrogens is 281 g/mol. The molecule has 0 heterocycles. The molecule has 0 aliphatic heterocycles. The topological polar surface area (TPSA) is 37.3 Å². The number of hydrogen-bond donors (Lipinski definition) is 1. The number of rotatable bonds is 3. The van der Waals surface area contributed by atoms with Crippen LogP contribution in [0.4, 0.5) is 13.2 Å². The van der Waals surface area contributed by atoms with Gasteiger partial charge in [-0.15, -0.1) is 0 Å². The van der Waals surface area contributed by atoms with Crippen LogP contribution in [0.5, 0.6) is 0 Å². The lowest BCUT2D eigenvalue weighted by atomic mass is 9.90. The number of carboxylic acids is 1. The molecule has 21 heavy (non-hydrogen) atoms. The summed E-state index contributed by atoms with van der Waals surface area (Å²) in [5.41, 5.74) is -0.932. The fourth-order valence-electron chi connectivity index (χ4n) is 2.40. The first-order chi connectivity index (χ1) is 9.86. The highest BCUT2D eigenvalue weighted by atomic mass is 19.4. The van der Waals surface area contributed by atoms with Crippen molar-refractivity contribution in [1.82, 2.24) is 0 Å². The van der Waals surface area contributed by atoms with Crippen LogP contribution in [0.2, 0.25) is 0 Å². The summed E-state index contributed by atoms with van der Waals surface area (Å²) >= 11 is 0. The van der Waals surface area contributed by atoms with Crippen molar-refractivity contribution >= 4 is 5.97 Å². The number of carbonyl (C=O) groups is 1. The SMILES string of the molecule is CCc1c(C(=O)O)ccc(-c2ccccc2)c1C(F)(F)F. The molecule has 0 spiro atoms. The van der Waals surface area contributed by atoms with Crippen molar-refractivity contribution in [3.63, 3.8) is 0 Å². The van der Waals surface area contributed by atoms with E-state index in [9.17, 15) is 18.0 Å². The van der Waals surface area contributed by atoms with Gasteiger partial charge in [-0.2, -0.15) is 13.2 Å². The second-order valence-corrected chi connectivity index (χ2v) is 4.54. The Balaban J connectivity index is 2.81. The van der Waals surface area contributed by atoms with Gasteiger partial charge in [-0.3, -0.25) is 0 Å². The van der Waals surface area contributed by atoms with Crippen molar-refractivity contribution in [3.05, 3.63) is 59.2 Å². The maximum absolute atomic E-state index is 13.4. The molecule has 2 rings (SSSR count). The molecule has 2 nitrogen and oxygen atoms in total. The van der Waals surface area contributed by atoms with Gasteiger partial charge < -0.3 is 5.11 Å². The van der Waals surface area contributed by atoms with Gasteiger partial charge in [-0.25, -0.2) is 4.79 Å². The molecule has 0 saturated carbocycles. The highest BCUT2D eigenvalue weighted by molar-refractivity contribution is 5.91. The predicted molar refractivity (Wildman–Crippen MR) is 73.2 cm³/mol. The minimum absolute atomic E-state index is 0.00283. The minimum atomic E-state index is -4.61. The molecule has 0 saturated heterocycles. The summed E-state index contributed by atoms with van der Waals surface area (Å²) in [5.74, 6) is -1.35. The Morgan fingerprint density at radius 1 is 1.10 bits per heavy atom. The lowest BCUT2D eigenvalue weighted by molar-refractivity contribution is -0.137. The first-order valence-electron chi connectivity index (χ1n) is 6.38. The molecule has 2 aromatic carbocycles. The van der Waals surface area contributed by atoms with Crippen molar-refractivity contribution in [2.24, 2.45) is 0 Å². The van der Waals surface area contributed by atoms with Gasteiger partial charge in [0.2, 0.25) is 0 Å². The number of hydrogen-bond acceptors (Lipinski definition) is 1. The molecule has 0 amide bonds. The summed E-state index contributed by atoms with van der Waals surface area (Å²) in [6.07, 6.45) is -4.61. The Morgan fingerprint density at radius 2 is 1.71 bits per heavy atom. The van der Waals surface area contributed by atoms with Crippen molar-refractivity contribution in [1.29, 1.82) is 0 Å². The Morgan fingerprint density at radius 3 is 2.19 bits per heavy atom. The summed E-state index contributed by atoms with van der Waals surface area (Å²) in [5, 5.41) is 9.08. The molecule has 0 bridgehead atoms. The smallest absolute Gasteiger partial charge is 0.417 e. The Labute approximate surface area is 119 Å². The monoisotopic (exact) mass is 294 g/mol. The standard InChI is InChI=1S/C16H13F3O2/c1-2-11-13(15(20)21)9-8-12(14(11)16(17,18)19)10-6-4-3-5-7-10/h3-9H,2H2,1H3,(H,20,21). The van der Waals surface area contributed by atoms with Crippen LogP contribution in [0.3, 0.4) is 0 Å². The molecule has 0 aromatic heterocycles. The molecule has 5 heteroatoms. The number of alkyl halides is 3. The van der Waals surface area contributed by atoms with E-state index < -0.39 is 17.7 Å². The van der Waals surface area contributed by atoms with Crippen molar-refractivity contribution < 1.29 is 23.1 Å². The zero-order chi connectivity index (χ0) is 15.6. The lowest BCUT2D eigenvalue weighted by Gasteiger charge is -2.19. The van der Waals surface area contributed by atoms with Gasteiger partial charge in [0, 0.05) is 0 Å². The van der Waals surface area contributed by atoms with Crippen molar-refractivity contribution in [2.75, 3.05) is 0 Å². The highest BCUT2D eigenvalue weighted by Gasteiger charge is 2.37. The third-order valence-electron chi connectivity index (χ3n) is 3.27. The normalized spacial score (nSPS) is 11.4. The van der Waals surface area contributed by atoms with Crippen LogP contribution in [0, 0.1) is 0 Å². The van der Waals surface area contributed by atoms with Gasteiger partial charge in [0.25, 0.3) is 0 Å². The summed E-state index contributed by atoms with van der Waals surface area (Å²) in [6, 6.07) is 10.6. The van der Waals surface area contributed by atoms with E-state index in [-0.39, 0.29) is 23.1 Å². The molecule has 1 N–H and O–H groups in total. The fraction of sp³-hybridized carbons (Fsp3) is 0.188. The van der Waals surface area contributed by atoms with Crippen LogP contribution >= 0.6 is 0 Å². The summed E-state index contributed by atoms with van der Waals surface area (Å²) < 4.78 is 40.3. The average molecular weight is 294 g/mol. The van der Waals surface area contributed by atoms with Crippen LogP contribution < -0.4 is 0 Å². The Kier molecular flexibility index (Phi) is 4.02. The van der Waals surface area contributed by atoms with Gasteiger partial charge in [-0.05, 0) is 29.2 Å². The molecule has 0 aliphatic rings. The highest BCUT2D eigenvalue weighted by Crippen LogP contribution is 2.40. The Bertz CT molecular complexity index is 661. The maximum Gasteiger partial charge on any atom is 0.417 e. The van der Waals surface area contributed by atoms with E-state index in [1.54, 1.807) is 30.3 Å². The van der Waals surface area contributed by atoms with Gasteiger partial charge in [0.05, 0.1) is 11.1 Å². The number of halogens is 3. The van der Waals surface area contributed by atoms with Gasteiger partial charge >= 0.3 is 12.1 Å². The second kappa shape index (κ2) is 5.60. The van der Waals surface area contributed by atoms with E-state index in [1.807, 2.05) is 0 Å². The van der Waals surface area contributed by atoms with E-state index >= 15 is 0 Å². The average Bonchev–Trinajstić information content (AvgIpc) is 2.45. The van der Waals surface area contributed by atoms with Crippen LogP contribution in [-0.4, -0.2) is 11.1 Å². The molecule has 0 unspecified atom stereocenters. The van der Waals surface area contributed by atoms with Crippen LogP contribution in [-0.2, 0) is 12.6 Å². The first kappa shape index (κ1) is 15.1. The lowest BCUT2D eigenvalue weighted by Crippen LogP contribution is -2.15. The number of aromatic carboxylic acids is 1. The molecule has 0 atom stereocenters. The zero-order valence-corrected chi connectivity index (χ0v) is 11.2. The number of carboxylic acid groups (broad SMARTS) is 1. The van der Waals surface area contributed by atoms with E-state index in [1.165, 1.54) is 19.1 Å². The molecule has 110 valence electrons. The van der Waals surface area contributed by atoms with Crippen molar-refractivity contribution in [3.8, 4) is 11.1 Å². The van der Waals surface area contributed by atoms with E-state index in [4.69, 9.17) is 5.11 Å². The third-order valence-corrected chi connectivity index (χ3v) is 3.27. The van der Waals surface area contributed by atoms with E-state index in [2.05, 4.69) is 0 Å². The van der Waals surface area contributed by atoms with Crippen molar-refractivity contribution in [2.45, 2.75) is 19.5 Å². The Hall–Kier alpha value is -2.30.